The first-order valence-electron chi connectivity index (χ1n) is 13.3. The predicted molar refractivity (Wildman–Crippen MR) is 146 cm³/mol. The molecule has 1 saturated heterocycles. The highest BCUT2D eigenvalue weighted by molar-refractivity contribution is 6.46. The van der Waals surface area contributed by atoms with Gasteiger partial charge in [0, 0.05) is 18.7 Å². The smallest absolute Gasteiger partial charge is 0.295 e. The Balaban J connectivity index is 1.96. The molecule has 200 valence electrons. The molecule has 1 aliphatic heterocycles. The summed E-state index contributed by atoms with van der Waals surface area (Å²) in [7, 11) is 3.83. The lowest BCUT2D eigenvalue weighted by Gasteiger charge is -2.26. The van der Waals surface area contributed by atoms with Crippen molar-refractivity contribution in [3.8, 4) is 11.5 Å². The Morgan fingerprint density at radius 2 is 1.59 bits per heavy atom. The van der Waals surface area contributed by atoms with Crippen molar-refractivity contribution in [1.29, 1.82) is 0 Å². The van der Waals surface area contributed by atoms with Crippen LogP contribution in [0.25, 0.3) is 5.76 Å². The van der Waals surface area contributed by atoms with E-state index in [9.17, 15) is 14.7 Å². The van der Waals surface area contributed by atoms with E-state index < -0.39 is 17.7 Å². The third-order valence-corrected chi connectivity index (χ3v) is 6.41. The number of likely N-dealkylation sites (N-methyl/N-ethyl adjacent to an activating group) is 1. The van der Waals surface area contributed by atoms with Crippen LogP contribution in [0.5, 0.6) is 11.5 Å². The molecule has 1 atom stereocenters. The van der Waals surface area contributed by atoms with Gasteiger partial charge < -0.3 is 24.4 Å². The van der Waals surface area contributed by atoms with Crippen LogP contribution in [0.15, 0.2) is 54.1 Å². The molecule has 1 fully saturated rings. The third kappa shape index (κ3) is 7.35. The topological polar surface area (TPSA) is 79.3 Å². The fraction of sp³-hybridized carbons (Fsp3) is 0.467. The molecule has 1 unspecified atom stereocenters. The first-order chi connectivity index (χ1) is 17.9. The number of rotatable bonds is 14. The minimum atomic E-state index is -0.696. The van der Waals surface area contributed by atoms with E-state index in [-0.39, 0.29) is 11.3 Å². The number of ketones is 1. The zero-order valence-electron chi connectivity index (χ0n) is 22.5. The van der Waals surface area contributed by atoms with Crippen LogP contribution in [0.1, 0.15) is 63.1 Å². The largest absolute Gasteiger partial charge is 0.507 e. The van der Waals surface area contributed by atoms with Gasteiger partial charge in [0.1, 0.15) is 17.3 Å². The number of nitrogens with zero attached hydrogens (tertiary/aromatic N) is 2. The van der Waals surface area contributed by atoms with Gasteiger partial charge in [-0.25, -0.2) is 0 Å². The zero-order valence-corrected chi connectivity index (χ0v) is 22.5. The van der Waals surface area contributed by atoms with Gasteiger partial charge in [0.05, 0.1) is 24.8 Å². The number of likely N-dealkylation sites (tertiary alicyclic amines) is 1. The van der Waals surface area contributed by atoms with E-state index in [0.29, 0.717) is 37.6 Å². The monoisotopic (exact) mass is 508 g/mol. The van der Waals surface area contributed by atoms with Gasteiger partial charge in [-0.15, -0.1) is 0 Å². The molecule has 7 heteroatoms. The van der Waals surface area contributed by atoms with E-state index in [4.69, 9.17) is 9.47 Å². The summed E-state index contributed by atoms with van der Waals surface area (Å²) in [6, 6.07) is 13.8. The van der Waals surface area contributed by atoms with Crippen molar-refractivity contribution >= 4 is 17.4 Å². The maximum Gasteiger partial charge on any atom is 0.295 e. The van der Waals surface area contributed by atoms with Crippen LogP contribution in [-0.2, 0) is 9.59 Å². The van der Waals surface area contributed by atoms with Crippen molar-refractivity contribution in [3.63, 3.8) is 0 Å². The number of carbonyl (C=O) groups excluding carboxylic acids is 2. The average Bonchev–Trinajstić information content (AvgIpc) is 3.15. The Morgan fingerprint density at radius 1 is 0.919 bits per heavy atom. The number of Topliss-reactive ketones (excluding diaryl/α,β-unsaturated/α-hetero) is 1. The second-order valence-corrected chi connectivity index (χ2v) is 9.65. The van der Waals surface area contributed by atoms with Crippen LogP contribution < -0.4 is 9.47 Å². The maximum absolute atomic E-state index is 13.2. The molecule has 1 heterocycles. The lowest BCUT2D eigenvalue weighted by atomic mass is 9.95. The molecule has 0 saturated carbocycles. The molecular weight excluding hydrogens is 468 g/mol. The number of amides is 1. The minimum absolute atomic E-state index is 0.0890. The Hall–Kier alpha value is -3.32. The first kappa shape index (κ1) is 28.3. The summed E-state index contributed by atoms with van der Waals surface area (Å²) in [6.45, 7) is 6.40. The van der Waals surface area contributed by atoms with Crippen LogP contribution in [0.4, 0.5) is 0 Å². The molecule has 7 nitrogen and oxygen atoms in total. The van der Waals surface area contributed by atoms with Crippen molar-refractivity contribution < 1.29 is 24.2 Å². The molecule has 1 amide bonds. The summed E-state index contributed by atoms with van der Waals surface area (Å²) in [4.78, 5) is 29.9. The molecule has 1 N–H and O–H groups in total. The summed E-state index contributed by atoms with van der Waals surface area (Å²) in [5.74, 6) is -0.138. The predicted octanol–water partition coefficient (Wildman–Crippen LogP) is 5.42. The van der Waals surface area contributed by atoms with Gasteiger partial charge in [-0.05, 0) is 56.8 Å². The van der Waals surface area contributed by atoms with Gasteiger partial charge in [-0.2, -0.15) is 0 Å². The number of unbranched alkanes of at least 4 members (excludes halogenated alkanes) is 3. The Labute approximate surface area is 220 Å². The van der Waals surface area contributed by atoms with Crippen molar-refractivity contribution in [2.24, 2.45) is 0 Å². The third-order valence-electron chi connectivity index (χ3n) is 6.41. The fourth-order valence-electron chi connectivity index (χ4n) is 4.28. The highest BCUT2D eigenvalue weighted by Crippen LogP contribution is 2.40. The maximum atomic E-state index is 13.2. The molecule has 0 aliphatic carbocycles. The van der Waals surface area contributed by atoms with E-state index >= 15 is 0 Å². The lowest BCUT2D eigenvalue weighted by Crippen LogP contribution is -2.35. The molecule has 0 aromatic heterocycles. The second-order valence-electron chi connectivity index (χ2n) is 9.65. The van der Waals surface area contributed by atoms with E-state index in [1.807, 2.05) is 49.3 Å². The number of benzene rings is 2. The zero-order chi connectivity index (χ0) is 26.8. The molecular formula is C30H40N2O5. The molecule has 3 rings (SSSR count). The quantitative estimate of drug-likeness (QED) is 0.159. The highest BCUT2D eigenvalue weighted by atomic mass is 16.5. The number of hydrogen-bond acceptors (Lipinski definition) is 6. The lowest BCUT2D eigenvalue weighted by molar-refractivity contribution is -0.140. The Bertz CT molecular complexity index is 1080. The van der Waals surface area contributed by atoms with Gasteiger partial charge in [0.15, 0.2) is 0 Å². The standard InChI is InChI=1S/C30H40N2O5/c1-5-7-9-20-36-24-15-13-22(14-16-24)27-26(29(34)30(35)32(27)18-17-31(3)4)28(33)23-11-10-12-25(21-23)37-19-8-6-2/h10-16,21,27,33H,5-9,17-20H2,1-4H3. The van der Waals surface area contributed by atoms with Crippen molar-refractivity contribution in [1.82, 2.24) is 9.80 Å². The number of aliphatic hydroxyl groups excluding tert-OH is 1. The van der Waals surface area contributed by atoms with E-state index in [0.717, 1.165) is 43.4 Å². The molecule has 2 aromatic rings. The van der Waals surface area contributed by atoms with Gasteiger partial charge in [-0.1, -0.05) is 57.4 Å². The summed E-state index contributed by atoms with van der Waals surface area (Å²) >= 11 is 0. The Morgan fingerprint density at radius 3 is 2.27 bits per heavy atom. The van der Waals surface area contributed by atoms with Crippen LogP contribution in [0, 0.1) is 0 Å². The number of ether oxygens (including phenoxy) is 2. The number of aliphatic hydroxyl groups is 1. The van der Waals surface area contributed by atoms with Gasteiger partial charge >= 0.3 is 0 Å². The number of carbonyl (C=O) groups is 2. The molecule has 0 spiro atoms. The van der Waals surface area contributed by atoms with Crippen LogP contribution >= 0.6 is 0 Å². The van der Waals surface area contributed by atoms with Crippen molar-refractivity contribution in [2.75, 3.05) is 40.4 Å². The summed E-state index contributed by atoms with van der Waals surface area (Å²) in [6.07, 6.45) is 5.17. The summed E-state index contributed by atoms with van der Waals surface area (Å²) in [5.41, 5.74) is 1.28. The van der Waals surface area contributed by atoms with Crippen molar-refractivity contribution in [2.45, 2.75) is 52.0 Å². The van der Waals surface area contributed by atoms with E-state index in [2.05, 4.69) is 13.8 Å². The van der Waals surface area contributed by atoms with Crippen LogP contribution in [-0.4, -0.2) is 67.0 Å². The molecule has 37 heavy (non-hydrogen) atoms. The fourth-order valence-corrected chi connectivity index (χ4v) is 4.28. The van der Waals surface area contributed by atoms with Crippen molar-refractivity contribution in [3.05, 3.63) is 65.2 Å². The van der Waals surface area contributed by atoms with Crippen LogP contribution in [0.3, 0.4) is 0 Å². The van der Waals surface area contributed by atoms with Gasteiger partial charge in [0.2, 0.25) is 0 Å². The average molecular weight is 509 g/mol. The van der Waals surface area contributed by atoms with E-state index in [1.54, 1.807) is 23.1 Å². The summed E-state index contributed by atoms with van der Waals surface area (Å²) in [5, 5.41) is 11.3. The highest BCUT2D eigenvalue weighted by Gasteiger charge is 2.45. The molecule has 0 radical (unpaired) electrons. The Kier molecular flexibility index (Phi) is 10.6. The van der Waals surface area contributed by atoms with Gasteiger partial charge in [-0.3, -0.25) is 9.59 Å². The normalized spacial score (nSPS) is 17.0. The van der Waals surface area contributed by atoms with Crippen LogP contribution in [0.2, 0.25) is 0 Å². The second kappa shape index (κ2) is 13.8. The minimum Gasteiger partial charge on any atom is -0.507 e. The number of hydrogen-bond donors (Lipinski definition) is 1. The first-order valence-corrected chi connectivity index (χ1v) is 13.3. The molecule has 0 bridgehead atoms. The SMILES string of the molecule is CCCCCOc1ccc(C2C(=C(O)c3cccc(OCCCC)c3)C(=O)C(=O)N2CCN(C)C)cc1. The summed E-state index contributed by atoms with van der Waals surface area (Å²) < 4.78 is 11.6. The molecule has 1 aliphatic rings. The van der Waals surface area contributed by atoms with E-state index in [1.165, 1.54) is 0 Å². The molecule has 2 aromatic carbocycles. The van der Waals surface area contributed by atoms with Gasteiger partial charge in [0.25, 0.3) is 11.7 Å².